The predicted octanol–water partition coefficient (Wildman–Crippen LogP) is 5.48. The molecule has 4 rings (SSSR count). The van der Waals surface area contributed by atoms with Gasteiger partial charge in [-0.2, -0.15) is 0 Å². The third-order valence-electron chi connectivity index (χ3n) is 4.60. The number of hydrogen-bond donors (Lipinski definition) is 1. The van der Waals surface area contributed by atoms with E-state index in [1.54, 1.807) is 0 Å². The monoisotopic (exact) mass is 427 g/mol. The van der Waals surface area contributed by atoms with Gasteiger partial charge < -0.3 is 4.98 Å². The van der Waals surface area contributed by atoms with Crippen molar-refractivity contribution in [3.05, 3.63) is 116 Å². The van der Waals surface area contributed by atoms with Crippen molar-refractivity contribution in [3.8, 4) is 11.8 Å². The Bertz CT molecular complexity index is 1230. The summed E-state index contributed by atoms with van der Waals surface area (Å²) in [5.41, 5.74) is 4.82. The van der Waals surface area contributed by atoms with Crippen molar-refractivity contribution in [3.63, 3.8) is 0 Å². The van der Waals surface area contributed by atoms with Gasteiger partial charge in [-0.1, -0.05) is 70.2 Å². The van der Waals surface area contributed by atoms with Crippen LogP contribution in [0.15, 0.2) is 88.1 Å². The van der Waals surface area contributed by atoms with E-state index in [0.717, 1.165) is 32.1 Å². The standard InChI is InChI=1S/C25H18BrNO/c26-23-12-9-18(10-13-23)7-4-8-20-11-14-24-21(15-20)17-22(25(28)27-24)16-19-5-2-1-3-6-19/h1-3,5-6,9-15,17H,7,16H2,(H,27,28). The smallest absolute Gasteiger partial charge is 0.251 e. The molecule has 0 saturated carbocycles. The highest BCUT2D eigenvalue weighted by Crippen LogP contribution is 2.16. The molecular formula is C25H18BrNO. The number of aromatic nitrogens is 1. The molecule has 3 aromatic carbocycles. The first-order chi connectivity index (χ1) is 13.7. The van der Waals surface area contributed by atoms with E-state index in [0.29, 0.717) is 12.8 Å². The lowest BCUT2D eigenvalue weighted by Gasteiger charge is -2.04. The van der Waals surface area contributed by atoms with Crippen molar-refractivity contribution in [2.75, 3.05) is 0 Å². The SMILES string of the molecule is O=c1[nH]c2ccc(C#CCc3ccc(Br)cc3)cc2cc1Cc1ccccc1. The van der Waals surface area contributed by atoms with E-state index >= 15 is 0 Å². The largest absolute Gasteiger partial charge is 0.322 e. The lowest BCUT2D eigenvalue weighted by atomic mass is 10.0. The molecule has 0 bridgehead atoms. The molecule has 0 atom stereocenters. The Morgan fingerprint density at radius 2 is 1.64 bits per heavy atom. The molecular weight excluding hydrogens is 410 g/mol. The Morgan fingerprint density at radius 3 is 2.43 bits per heavy atom. The van der Waals surface area contributed by atoms with Crippen molar-refractivity contribution in [1.29, 1.82) is 0 Å². The highest BCUT2D eigenvalue weighted by molar-refractivity contribution is 9.10. The van der Waals surface area contributed by atoms with Crippen molar-refractivity contribution in [2.24, 2.45) is 0 Å². The molecule has 1 N–H and O–H groups in total. The Hall–Kier alpha value is -3.09. The van der Waals surface area contributed by atoms with Crippen LogP contribution >= 0.6 is 15.9 Å². The number of pyridine rings is 1. The molecule has 0 spiro atoms. The molecule has 0 unspecified atom stereocenters. The van der Waals surface area contributed by atoms with Crippen LogP contribution in [0.1, 0.15) is 22.3 Å². The molecule has 1 aromatic heterocycles. The Labute approximate surface area is 172 Å². The van der Waals surface area contributed by atoms with Crippen LogP contribution in [0.5, 0.6) is 0 Å². The van der Waals surface area contributed by atoms with Gasteiger partial charge in [-0.05, 0) is 52.9 Å². The zero-order chi connectivity index (χ0) is 19.3. The number of halogens is 1. The fourth-order valence-corrected chi connectivity index (χ4v) is 3.39. The summed E-state index contributed by atoms with van der Waals surface area (Å²) in [6.45, 7) is 0. The van der Waals surface area contributed by atoms with Gasteiger partial charge in [0.05, 0.1) is 0 Å². The summed E-state index contributed by atoms with van der Waals surface area (Å²) >= 11 is 3.44. The van der Waals surface area contributed by atoms with E-state index in [-0.39, 0.29) is 5.56 Å². The van der Waals surface area contributed by atoms with Crippen molar-refractivity contribution in [2.45, 2.75) is 12.8 Å². The van der Waals surface area contributed by atoms with Gasteiger partial charge in [0.1, 0.15) is 0 Å². The van der Waals surface area contributed by atoms with E-state index in [1.807, 2.05) is 66.7 Å². The summed E-state index contributed by atoms with van der Waals surface area (Å²) in [5.74, 6) is 6.46. The maximum absolute atomic E-state index is 12.4. The summed E-state index contributed by atoms with van der Waals surface area (Å²) in [6.07, 6.45) is 1.32. The molecule has 0 aliphatic heterocycles. The average Bonchev–Trinajstić information content (AvgIpc) is 2.71. The van der Waals surface area contributed by atoms with Crippen LogP contribution in [0.2, 0.25) is 0 Å². The molecule has 136 valence electrons. The molecule has 0 fully saturated rings. The highest BCUT2D eigenvalue weighted by Gasteiger charge is 2.05. The minimum Gasteiger partial charge on any atom is -0.322 e. The normalized spacial score (nSPS) is 10.5. The van der Waals surface area contributed by atoms with Crippen LogP contribution in [-0.2, 0) is 12.8 Å². The predicted molar refractivity (Wildman–Crippen MR) is 119 cm³/mol. The van der Waals surface area contributed by atoms with Gasteiger partial charge in [-0.15, -0.1) is 0 Å². The Kier molecular flexibility index (Phi) is 5.41. The van der Waals surface area contributed by atoms with Crippen LogP contribution in [-0.4, -0.2) is 4.98 Å². The fraction of sp³-hybridized carbons (Fsp3) is 0.0800. The maximum atomic E-state index is 12.4. The van der Waals surface area contributed by atoms with Crippen LogP contribution in [0.4, 0.5) is 0 Å². The van der Waals surface area contributed by atoms with Gasteiger partial charge in [-0.3, -0.25) is 4.79 Å². The zero-order valence-corrected chi connectivity index (χ0v) is 16.8. The Balaban J connectivity index is 1.59. The maximum Gasteiger partial charge on any atom is 0.251 e. The summed E-state index contributed by atoms with van der Waals surface area (Å²) in [7, 11) is 0. The molecule has 2 nitrogen and oxygen atoms in total. The molecule has 0 aliphatic carbocycles. The third-order valence-corrected chi connectivity index (χ3v) is 5.13. The molecule has 4 aromatic rings. The first kappa shape index (κ1) is 18.3. The van der Waals surface area contributed by atoms with Gasteiger partial charge in [-0.25, -0.2) is 0 Å². The number of hydrogen-bond acceptors (Lipinski definition) is 1. The van der Waals surface area contributed by atoms with E-state index in [9.17, 15) is 4.79 Å². The third kappa shape index (κ3) is 4.42. The Morgan fingerprint density at radius 1 is 0.857 bits per heavy atom. The number of nitrogens with one attached hydrogen (secondary N) is 1. The number of H-pyrrole nitrogens is 1. The number of rotatable bonds is 3. The van der Waals surface area contributed by atoms with Crippen LogP contribution in [0.25, 0.3) is 10.9 Å². The minimum atomic E-state index is -0.0366. The second-order valence-electron chi connectivity index (χ2n) is 6.69. The zero-order valence-electron chi connectivity index (χ0n) is 15.2. The van der Waals surface area contributed by atoms with Gasteiger partial charge in [0.15, 0.2) is 0 Å². The second kappa shape index (κ2) is 8.29. The van der Waals surface area contributed by atoms with E-state index in [1.165, 1.54) is 5.56 Å². The fourth-order valence-electron chi connectivity index (χ4n) is 3.13. The molecule has 1 heterocycles. The molecule has 0 radical (unpaired) electrons. The van der Waals surface area contributed by atoms with E-state index < -0.39 is 0 Å². The van der Waals surface area contributed by atoms with Crippen LogP contribution < -0.4 is 5.56 Å². The molecule has 28 heavy (non-hydrogen) atoms. The van der Waals surface area contributed by atoms with Crippen LogP contribution in [0.3, 0.4) is 0 Å². The first-order valence-corrected chi connectivity index (χ1v) is 9.90. The summed E-state index contributed by atoms with van der Waals surface area (Å²) in [6, 6.07) is 26.1. The minimum absolute atomic E-state index is 0.0366. The average molecular weight is 428 g/mol. The highest BCUT2D eigenvalue weighted by atomic mass is 79.9. The molecule has 0 amide bonds. The second-order valence-corrected chi connectivity index (χ2v) is 7.61. The number of benzene rings is 3. The lowest BCUT2D eigenvalue weighted by Crippen LogP contribution is -2.12. The topological polar surface area (TPSA) is 32.9 Å². The van der Waals surface area contributed by atoms with Crippen molar-refractivity contribution in [1.82, 2.24) is 4.98 Å². The number of fused-ring (bicyclic) bond motifs is 1. The van der Waals surface area contributed by atoms with E-state index in [2.05, 4.69) is 44.9 Å². The summed E-state index contributed by atoms with van der Waals surface area (Å²) in [5, 5.41) is 1.00. The summed E-state index contributed by atoms with van der Waals surface area (Å²) in [4.78, 5) is 15.4. The van der Waals surface area contributed by atoms with Gasteiger partial charge in [0, 0.05) is 34.0 Å². The van der Waals surface area contributed by atoms with Gasteiger partial charge in [0.2, 0.25) is 0 Å². The van der Waals surface area contributed by atoms with Gasteiger partial charge in [0.25, 0.3) is 5.56 Å². The van der Waals surface area contributed by atoms with Crippen LogP contribution in [0, 0.1) is 11.8 Å². The first-order valence-electron chi connectivity index (χ1n) is 9.10. The molecule has 3 heteroatoms. The number of aromatic amines is 1. The molecule has 0 aliphatic rings. The van der Waals surface area contributed by atoms with Gasteiger partial charge >= 0.3 is 0 Å². The van der Waals surface area contributed by atoms with E-state index in [4.69, 9.17) is 0 Å². The molecule has 0 saturated heterocycles. The van der Waals surface area contributed by atoms with Crippen molar-refractivity contribution >= 4 is 26.8 Å². The summed E-state index contributed by atoms with van der Waals surface area (Å²) < 4.78 is 1.07. The lowest BCUT2D eigenvalue weighted by molar-refractivity contribution is 1.12. The quantitative estimate of drug-likeness (QED) is 0.431. The van der Waals surface area contributed by atoms with Crippen molar-refractivity contribution < 1.29 is 0 Å².